The van der Waals surface area contributed by atoms with Gasteiger partial charge in [0.05, 0.1) is 5.56 Å². The highest BCUT2D eigenvalue weighted by Crippen LogP contribution is 2.28. The Morgan fingerprint density at radius 2 is 1.55 bits per heavy atom. The van der Waals surface area contributed by atoms with Crippen molar-refractivity contribution in [2.45, 2.75) is 33.1 Å². The average molecular weight is 395 g/mol. The lowest BCUT2D eigenvalue weighted by atomic mass is 10.1. The minimum Gasteiger partial charge on any atom is -0.371 e. The second kappa shape index (κ2) is 9.96. The van der Waals surface area contributed by atoms with E-state index in [1.54, 1.807) is 6.07 Å². The predicted molar refractivity (Wildman–Crippen MR) is 119 cm³/mol. The molecule has 0 saturated carbocycles. The molecule has 0 aromatic heterocycles. The lowest BCUT2D eigenvalue weighted by Crippen LogP contribution is -2.35. The van der Waals surface area contributed by atoms with Crippen LogP contribution < -0.4 is 15.5 Å². The first kappa shape index (κ1) is 20.7. The summed E-state index contributed by atoms with van der Waals surface area (Å²) < 4.78 is 0. The summed E-state index contributed by atoms with van der Waals surface area (Å²) in [5, 5.41) is 5.66. The van der Waals surface area contributed by atoms with Gasteiger partial charge in [0.25, 0.3) is 5.91 Å². The lowest BCUT2D eigenvalue weighted by Gasteiger charge is -2.31. The number of para-hydroxylation sites is 1. The lowest BCUT2D eigenvalue weighted by molar-refractivity contribution is 0.0773. The fourth-order valence-electron chi connectivity index (χ4n) is 3.69. The van der Waals surface area contributed by atoms with Crippen LogP contribution in [0.25, 0.3) is 0 Å². The van der Waals surface area contributed by atoms with E-state index in [1.807, 2.05) is 61.2 Å². The van der Waals surface area contributed by atoms with E-state index in [1.165, 1.54) is 6.42 Å². The molecule has 0 radical (unpaired) electrons. The molecule has 2 aromatic rings. The van der Waals surface area contributed by atoms with Gasteiger partial charge in [0, 0.05) is 43.2 Å². The summed E-state index contributed by atoms with van der Waals surface area (Å²) in [5.41, 5.74) is 2.92. The molecule has 1 saturated heterocycles. The van der Waals surface area contributed by atoms with E-state index in [2.05, 4.69) is 15.5 Å². The third-order valence-corrected chi connectivity index (χ3v) is 5.26. The molecule has 1 aliphatic rings. The molecule has 1 aliphatic heterocycles. The van der Waals surface area contributed by atoms with Gasteiger partial charge in [-0.1, -0.05) is 18.2 Å². The van der Waals surface area contributed by atoms with E-state index >= 15 is 0 Å². The Balaban J connectivity index is 1.84. The van der Waals surface area contributed by atoms with Gasteiger partial charge < -0.3 is 20.4 Å². The summed E-state index contributed by atoms with van der Waals surface area (Å²) in [4.78, 5) is 29.6. The first-order chi connectivity index (χ1) is 14.1. The smallest absolute Gasteiger partial charge is 0.323 e. The van der Waals surface area contributed by atoms with Gasteiger partial charge in [0.1, 0.15) is 0 Å². The molecule has 154 valence electrons. The Kier molecular flexibility index (Phi) is 7.11. The number of hydrogen-bond donors (Lipinski definition) is 2. The number of carbonyl (C=O) groups is 2. The van der Waals surface area contributed by atoms with Gasteiger partial charge in [0.15, 0.2) is 0 Å². The summed E-state index contributed by atoms with van der Waals surface area (Å²) in [7, 11) is 0. The molecule has 0 unspecified atom stereocenters. The number of benzene rings is 2. The zero-order valence-corrected chi connectivity index (χ0v) is 17.3. The maximum absolute atomic E-state index is 13.2. The monoisotopic (exact) mass is 394 g/mol. The maximum atomic E-state index is 13.2. The van der Waals surface area contributed by atoms with Crippen molar-refractivity contribution < 1.29 is 9.59 Å². The first-order valence-corrected chi connectivity index (χ1v) is 10.4. The summed E-state index contributed by atoms with van der Waals surface area (Å²) in [6.07, 6.45) is 3.51. The molecule has 6 nitrogen and oxygen atoms in total. The van der Waals surface area contributed by atoms with Crippen molar-refractivity contribution in [1.82, 2.24) is 4.90 Å². The van der Waals surface area contributed by atoms with Crippen molar-refractivity contribution in [2.75, 3.05) is 41.7 Å². The van der Waals surface area contributed by atoms with Gasteiger partial charge in [-0.2, -0.15) is 0 Å². The molecule has 29 heavy (non-hydrogen) atoms. The van der Waals surface area contributed by atoms with Crippen LogP contribution in [0.4, 0.5) is 21.9 Å². The van der Waals surface area contributed by atoms with Crippen molar-refractivity contribution in [3.63, 3.8) is 0 Å². The fourth-order valence-corrected chi connectivity index (χ4v) is 3.69. The Morgan fingerprint density at radius 1 is 0.897 bits per heavy atom. The van der Waals surface area contributed by atoms with Crippen LogP contribution in [-0.4, -0.2) is 43.0 Å². The number of carbonyl (C=O) groups excluding carboxylic acids is 2. The summed E-state index contributed by atoms with van der Waals surface area (Å²) >= 11 is 0. The molecular formula is C23H30N4O2. The zero-order chi connectivity index (χ0) is 20.6. The fraction of sp³-hybridized carbons (Fsp3) is 0.391. The topological polar surface area (TPSA) is 64.7 Å². The largest absolute Gasteiger partial charge is 0.371 e. The van der Waals surface area contributed by atoms with Gasteiger partial charge in [-0.15, -0.1) is 0 Å². The molecule has 2 N–H and O–H groups in total. The van der Waals surface area contributed by atoms with Crippen LogP contribution in [0.5, 0.6) is 0 Å². The minimum atomic E-state index is -0.330. The van der Waals surface area contributed by atoms with E-state index in [9.17, 15) is 9.59 Å². The number of urea groups is 1. The number of nitrogens with one attached hydrogen (secondary N) is 2. The van der Waals surface area contributed by atoms with Crippen molar-refractivity contribution in [3.8, 4) is 0 Å². The van der Waals surface area contributed by atoms with Gasteiger partial charge in [-0.25, -0.2) is 4.79 Å². The SMILES string of the molecule is CCN(CC)C(=O)c1cc(NC(=O)Nc2ccccc2)ccc1N1CCCCC1. The van der Waals surface area contributed by atoms with E-state index < -0.39 is 0 Å². The Labute approximate surface area is 172 Å². The Hall–Kier alpha value is -3.02. The molecule has 2 aromatic carbocycles. The average Bonchev–Trinajstić information content (AvgIpc) is 2.75. The molecule has 1 fully saturated rings. The van der Waals surface area contributed by atoms with Crippen LogP contribution in [0, 0.1) is 0 Å². The molecule has 0 spiro atoms. The number of nitrogens with zero attached hydrogens (tertiary/aromatic N) is 2. The number of piperidine rings is 1. The molecule has 6 heteroatoms. The number of rotatable bonds is 6. The normalized spacial score (nSPS) is 13.7. The molecule has 0 bridgehead atoms. The van der Waals surface area contributed by atoms with Gasteiger partial charge in [-0.05, 0) is 63.4 Å². The predicted octanol–water partition coefficient (Wildman–Crippen LogP) is 4.80. The molecular weight excluding hydrogens is 364 g/mol. The number of hydrogen-bond acceptors (Lipinski definition) is 3. The third-order valence-electron chi connectivity index (χ3n) is 5.26. The van der Waals surface area contributed by atoms with Gasteiger partial charge in [-0.3, -0.25) is 4.79 Å². The summed E-state index contributed by atoms with van der Waals surface area (Å²) in [6, 6.07) is 14.6. The van der Waals surface area contributed by atoms with Crippen molar-refractivity contribution >= 4 is 29.0 Å². The third kappa shape index (κ3) is 5.28. The Morgan fingerprint density at radius 3 is 2.21 bits per heavy atom. The first-order valence-electron chi connectivity index (χ1n) is 10.4. The van der Waals surface area contributed by atoms with E-state index in [0.29, 0.717) is 24.3 Å². The van der Waals surface area contributed by atoms with Crippen molar-refractivity contribution in [2.24, 2.45) is 0 Å². The Bertz CT molecular complexity index is 828. The van der Waals surface area contributed by atoms with Crippen LogP contribution in [0.2, 0.25) is 0 Å². The number of amides is 3. The molecule has 0 atom stereocenters. The maximum Gasteiger partial charge on any atom is 0.323 e. The van der Waals surface area contributed by atoms with E-state index in [-0.39, 0.29) is 11.9 Å². The molecule has 0 aliphatic carbocycles. The second-order valence-electron chi connectivity index (χ2n) is 7.20. The van der Waals surface area contributed by atoms with E-state index in [4.69, 9.17) is 0 Å². The second-order valence-corrected chi connectivity index (χ2v) is 7.20. The van der Waals surface area contributed by atoms with Crippen molar-refractivity contribution in [3.05, 3.63) is 54.1 Å². The highest BCUT2D eigenvalue weighted by molar-refractivity contribution is 6.04. The number of anilines is 3. The van der Waals surface area contributed by atoms with Crippen LogP contribution in [0.1, 0.15) is 43.5 Å². The van der Waals surface area contributed by atoms with Gasteiger partial charge >= 0.3 is 6.03 Å². The summed E-state index contributed by atoms with van der Waals surface area (Å²) in [5.74, 6) is 0.00249. The zero-order valence-electron chi connectivity index (χ0n) is 17.3. The van der Waals surface area contributed by atoms with Crippen LogP contribution in [0.15, 0.2) is 48.5 Å². The summed E-state index contributed by atoms with van der Waals surface area (Å²) in [6.45, 7) is 7.19. The van der Waals surface area contributed by atoms with Crippen molar-refractivity contribution in [1.29, 1.82) is 0 Å². The molecule has 3 amide bonds. The van der Waals surface area contributed by atoms with Gasteiger partial charge in [0.2, 0.25) is 0 Å². The highest BCUT2D eigenvalue weighted by Gasteiger charge is 2.22. The van der Waals surface area contributed by atoms with Crippen LogP contribution >= 0.6 is 0 Å². The standard InChI is InChI=1S/C23H30N4O2/c1-3-26(4-2)22(28)20-17-19(13-14-21(20)27-15-9-6-10-16-27)25-23(29)24-18-11-7-5-8-12-18/h5,7-8,11-14,17H,3-4,6,9-10,15-16H2,1-2H3,(H2,24,25,29). The molecule has 3 rings (SSSR count). The van der Waals surface area contributed by atoms with Crippen LogP contribution in [-0.2, 0) is 0 Å². The highest BCUT2D eigenvalue weighted by atomic mass is 16.2. The van der Waals surface area contributed by atoms with Crippen LogP contribution in [0.3, 0.4) is 0 Å². The molecule has 1 heterocycles. The minimum absolute atomic E-state index is 0.00249. The van der Waals surface area contributed by atoms with E-state index in [0.717, 1.165) is 37.3 Å². The quantitative estimate of drug-likeness (QED) is 0.739.